The molecule has 0 saturated carbocycles. The molecular formula is C30H22BN. The molecule has 0 saturated heterocycles. The summed E-state index contributed by atoms with van der Waals surface area (Å²) in [4.78, 5) is 0. The first-order valence-corrected chi connectivity index (χ1v) is 11.0. The summed E-state index contributed by atoms with van der Waals surface area (Å²) in [5.74, 6) is 0. The molecule has 6 rings (SSSR count). The average molecular weight is 407 g/mol. The van der Waals surface area contributed by atoms with Gasteiger partial charge in [-0.25, -0.2) is 0 Å². The minimum absolute atomic E-state index is 1.19. The van der Waals surface area contributed by atoms with Crippen LogP contribution in [0.25, 0.3) is 49.7 Å². The van der Waals surface area contributed by atoms with Gasteiger partial charge in [0.1, 0.15) is 7.85 Å². The van der Waals surface area contributed by atoms with Gasteiger partial charge in [-0.2, -0.15) is 0 Å². The van der Waals surface area contributed by atoms with Crippen LogP contribution < -0.4 is 5.46 Å². The van der Waals surface area contributed by atoms with Crippen LogP contribution in [-0.2, 0) is 0 Å². The van der Waals surface area contributed by atoms with Crippen LogP contribution in [0.15, 0.2) is 121 Å². The van der Waals surface area contributed by atoms with E-state index in [-0.39, 0.29) is 0 Å². The number of fused-ring (bicyclic) bond motifs is 3. The third kappa shape index (κ3) is 3.04. The highest BCUT2D eigenvalue weighted by molar-refractivity contribution is 6.32. The number of aromatic nitrogens is 1. The van der Waals surface area contributed by atoms with Gasteiger partial charge in [-0.05, 0) is 52.6 Å². The smallest absolute Gasteiger partial charge is 0.139 e. The van der Waals surface area contributed by atoms with Crippen molar-refractivity contribution in [2.45, 2.75) is 0 Å². The highest BCUT2D eigenvalue weighted by Gasteiger charge is 2.14. The van der Waals surface area contributed by atoms with E-state index in [2.05, 4.69) is 134 Å². The van der Waals surface area contributed by atoms with Gasteiger partial charge < -0.3 is 4.57 Å². The Morgan fingerprint density at radius 2 is 1.16 bits per heavy atom. The van der Waals surface area contributed by atoms with Gasteiger partial charge in [0.05, 0.1) is 11.0 Å². The van der Waals surface area contributed by atoms with Crippen LogP contribution in [0, 0.1) is 0 Å². The molecule has 0 aliphatic carbocycles. The minimum Gasteiger partial charge on any atom is -0.309 e. The Morgan fingerprint density at radius 1 is 0.469 bits per heavy atom. The normalized spacial score (nSPS) is 11.2. The molecule has 0 aliphatic heterocycles. The van der Waals surface area contributed by atoms with Crippen LogP contribution in [0.3, 0.4) is 0 Å². The fourth-order valence-electron chi connectivity index (χ4n) is 4.76. The molecule has 0 spiro atoms. The number of rotatable bonds is 3. The highest BCUT2D eigenvalue weighted by Crippen LogP contribution is 2.37. The van der Waals surface area contributed by atoms with E-state index >= 15 is 0 Å². The predicted octanol–water partition coefficient (Wildman–Crippen LogP) is 6.38. The molecule has 1 aromatic heterocycles. The Bertz CT molecular complexity index is 1560. The second-order valence-corrected chi connectivity index (χ2v) is 8.34. The fourth-order valence-corrected chi connectivity index (χ4v) is 4.76. The molecule has 0 aliphatic rings. The van der Waals surface area contributed by atoms with Gasteiger partial charge in [0, 0.05) is 16.5 Å². The lowest BCUT2D eigenvalue weighted by Crippen LogP contribution is -2.02. The molecule has 0 atom stereocenters. The number of hydrogen-bond acceptors (Lipinski definition) is 0. The van der Waals surface area contributed by atoms with Crippen molar-refractivity contribution in [1.82, 2.24) is 4.57 Å². The molecule has 0 fully saturated rings. The van der Waals surface area contributed by atoms with E-state index in [9.17, 15) is 0 Å². The third-order valence-corrected chi connectivity index (χ3v) is 6.26. The van der Waals surface area contributed by atoms with Gasteiger partial charge in [0.15, 0.2) is 0 Å². The zero-order valence-electron chi connectivity index (χ0n) is 18.0. The molecule has 5 aromatic carbocycles. The van der Waals surface area contributed by atoms with E-state index < -0.39 is 0 Å². The average Bonchev–Trinajstić information content (AvgIpc) is 3.19. The zero-order valence-corrected chi connectivity index (χ0v) is 18.0. The molecule has 32 heavy (non-hydrogen) atoms. The second kappa shape index (κ2) is 7.58. The van der Waals surface area contributed by atoms with E-state index in [0.717, 1.165) is 0 Å². The second-order valence-electron chi connectivity index (χ2n) is 8.34. The molecule has 0 N–H and O–H groups in total. The van der Waals surface area contributed by atoms with Gasteiger partial charge in [-0.1, -0.05) is 96.5 Å². The first kappa shape index (κ1) is 18.7. The first-order valence-electron chi connectivity index (χ1n) is 11.0. The first-order chi connectivity index (χ1) is 15.8. The van der Waals surface area contributed by atoms with Crippen molar-refractivity contribution < 1.29 is 0 Å². The van der Waals surface area contributed by atoms with Gasteiger partial charge in [0.25, 0.3) is 0 Å². The van der Waals surface area contributed by atoms with E-state index in [1.54, 1.807) is 0 Å². The van der Waals surface area contributed by atoms with E-state index in [0.29, 0.717) is 0 Å². The quantitative estimate of drug-likeness (QED) is 0.300. The van der Waals surface area contributed by atoms with Crippen LogP contribution in [0.1, 0.15) is 0 Å². The highest BCUT2D eigenvalue weighted by atomic mass is 15.0. The molecular weight excluding hydrogens is 385 g/mol. The molecule has 0 bridgehead atoms. The largest absolute Gasteiger partial charge is 0.309 e. The number of hydrogen-bond donors (Lipinski definition) is 0. The Hall–Kier alpha value is -4.04. The Kier molecular flexibility index (Phi) is 4.43. The molecule has 6 aromatic rings. The van der Waals surface area contributed by atoms with Gasteiger partial charge >= 0.3 is 0 Å². The SMILES string of the molecule is Bc1ccc(-c2ccc3c(c2)c2ccccc2n3-c2ccccc2)c(-c2ccccc2)c1. The molecule has 0 unspecified atom stereocenters. The standard InChI is InChI=1S/C30H22BN/c31-23-16-17-25(27(20-23)21-9-3-1-4-10-21)22-15-18-30-28(19-22)26-13-7-8-14-29(26)32(30)24-11-5-2-6-12-24/h1-20H,31H2. The predicted molar refractivity (Wildman–Crippen MR) is 140 cm³/mol. The van der Waals surface area contributed by atoms with Crippen molar-refractivity contribution in [3.8, 4) is 27.9 Å². The maximum atomic E-state index is 2.36. The summed E-state index contributed by atoms with van der Waals surface area (Å²) >= 11 is 0. The van der Waals surface area contributed by atoms with Crippen LogP contribution in [0.2, 0.25) is 0 Å². The Morgan fingerprint density at radius 3 is 1.97 bits per heavy atom. The number of nitrogens with zero attached hydrogens (tertiary/aromatic N) is 1. The van der Waals surface area contributed by atoms with Crippen LogP contribution in [-0.4, -0.2) is 12.4 Å². The summed E-state index contributed by atoms with van der Waals surface area (Å²) in [6, 6.07) is 43.6. The van der Waals surface area contributed by atoms with Crippen molar-refractivity contribution >= 4 is 35.1 Å². The summed E-state index contributed by atoms with van der Waals surface area (Å²) in [7, 11) is 2.16. The maximum absolute atomic E-state index is 2.36. The summed E-state index contributed by atoms with van der Waals surface area (Å²) in [5.41, 5.74) is 9.95. The van der Waals surface area contributed by atoms with E-state index in [1.165, 1.54) is 55.2 Å². The maximum Gasteiger partial charge on any atom is 0.139 e. The van der Waals surface area contributed by atoms with Gasteiger partial charge in [-0.3, -0.25) is 0 Å². The molecule has 1 nitrogen and oxygen atoms in total. The van der Waals surface area contributed by atoms with Gasteiger partial charge in [-0.15, -0.1) is 0 Å². The lowest BCUT2D eigenvalue weighted by Gasteiger charge is -2.12. The summed E-state index contributed by atoms with van der Waals surface area (Å²) in [5, 5.41) is 2.56. The molecule has 2 heteroatoms. The topological polar surface area (TPSA) is 4.93 Å². The summed E-state index contributed by atoms with van der Waals surface area (Å²) in [6.07, 6.45) is 0. The Labute approximate surface area is 189 Å². The lowest BCUT2D eigenvalue weighted by atomic mass is 9.87. The molecule has 0 radical (unpaired) electrons. The molecule has 150 valence electrons. The summed E-state index contributed by atoms with van der Waals surface area (Å²) in [6.45, 7) is 0. The molecule has 0 amide bonds. The van der Waals surface area contributed by atoms with Gasteiger partial charge in [0.2, 0.25) is 0 Å². The third-order valence-electron chi connectivity index (χ3n) is 6.26. The van der Waals surface area contributed by atoms with Crippen molar-refractivity contribution in [2.75, 3.05) is 0 Å². The van der Waals surface area contributed by atoms with Crippen molar-refractivity contribution in [1.29, 1.82) is 0 Å². The van der Waals surface area contributed by atoms with E-state index in [4.69, 9.17) is 0 Å². The van der Waals surface area contributed by atoms with Crippen LogP contribution in [0.5, 0.6) is 0 Å². The Balaban J connectivity index is 1.63. The number of para-hydroxylation sites is 2. The summed E-state index contributed by atoms with van der Waals surface area (Å²) < 4.78 is 2.36. The zero-order chi connectivity index (χ0) is 21.5. The van der Waals surface area contributed by atoms with Crippen molar-refractivity contribution in [3.63, 3.8) is 0 Å². The van der Waals surface area contributed by atoms with Crippen molar-refractivity contribution in [2.24, 2.45) is 0 Å². The lowest BCUT2D eigenvalue weighted by molar-refractivity contribution is 1.18. The van der Waals surface area contributed by atoms with Crippen LogP contribution >= 0.6 is 0 Å². The van der Waals surface area contributed by atoms with E-state index in [1.807, 2.05) is 0 Å². The van der Waals surface area contributed by atoms with Crippen LogP contribution in [0.4, 0.5) is 0 Å². The molecule has 1 heterocycles. The monoisotopic (exact) mass is 407 g/mol. The minimum atomic E-state index is 1.19. The van der Waals surface area contributed by atoms with Crippen molar-refractivity contribution in [3.05, 3.63) is 121 Å². The fraction of sp³-hybridized carbons (Fsp3) is 0. The number of benzene rings is 5.